The number of nitrogens with one attached hydrogen (secondary N) is 1. The van der Waals surface area contributed by atoms with Crippen molar-refractivity contribution in [2.45, 2.75) is 37.5 Å². The highest BCUT2D eigenvalue weighted by molar-refractivity contribution is 7.99. The highest BCUT2D eigenvalue weighted by Gasteiger charge is 2.20. The van der Waals surface area contributed by atoms with Crippen LogP contribution in [0.25, 0.3) is 0 Å². The highest BCUT2D eigenvalue weighted by Crippen LogP contribution is 2.28. The number of carbonyl (C=O) groups is 1. The van der Waals surface area contributed by atoms with Crippen LogP contribution in [0.1, 0.15) is 30.7 Å². The van der Waals surface area contributed by atoms with Crippen LogP contribution in [-0.4, -0.2) is 49.3 Å². The number of rotatable bonds is 9. The minimum Gasteiger partial charge on any atom is -0.320 e. The van der Waals surface area contributed by atoms with Crippen LogP contribution in [0.2, 0.25) is 5.02 Å². The molecule has 178 valence electrons. The van der Waals surface area contributed by atoms with Gasteiger partial charge >= 0.3 is 0 Å². The first-order chi connectivity index (χ1) is 16.5. The van der Waals surface area contributed by atoms with Gasteiger partial charge in [0.25, 0.3) is 5.69 Å². The number of carbonyl (C=O) groups excluding carboxylic acids is 1. The van der Waals surface area contributed by atoms with Crippen molar-refractivity contribution in [2.24, 2.45) is 0 Å². The summed E-state index contributed by atoms with van der Waals surface area (Å²) in [6, 6.07) is 14.2. The van der Waals surface area contributed by atoms with Crippen LogP contribution in [-0.2, 0) is 17.9 Å². The minimum absolute atomic E-state index is 0.0381. The average molecular weight is 501 g/mol. The van der Waals surface area contributed by atoms with Crippen molar-refractivity contribution in [3.05, 3.63) is 75.1 Å². The summed E-state index contributed by atoms with van der Waals surface area (Å²) in [5.74, 6) is 0.528. The van der Waals surface area contributed by atoms with Crippen LogP contribution in [0, 0.1) is 10.1 Å². The zero-order valence-electron chi connectivity index (χ0n) is 18.5. The smallest absolute Gasteiger partial charge is 0.294 e. The van der Waals surface area contributed by atoms with Crippen molar-refractivity contribution in [1.82, 2.24) is 19.7 Å². The zero-order valence-corrected chi connectivity index (χ0v) is 20.1. The number of nitro benzene ring substituents is 1. The number of benzene rings is 2. The number of amides is 1. The van der Waals surface area contributed by atoms with E-state index >= 15 is 0 Å². The van der Waals surface area contributed by atoms with E-state index in [9.17, 15) is 14.9 Å². The van der Waals surface area contributed by atoms with Crippen LogP contribution in [0.3, 0.4) is 0 Å². The van der Waals surface area contributed by atoms with Crippen molar-refractivity contribution in [2.75, 3.05) is 24.2 Å². The molecule has 34 heavy (non-hydrogen) atoms. The van der Waals surface area contributed by atoms with Crippen molar-refractivity contribution in [3.8, 4) is 0 Å². The lowest BCUT2D eigenvalue weighted by molar-refractivity contribution is -0.383. The number of anilines is 1. The Balaban J connectivity index is 1.47. The second-order valence-corrected chi connectivity index (χ2v) is 9.44. The van der Waals surface area contributed by atoms with Gasteiger partial charge in [-0.2, -0.15) is 0 Å². The molecule has 1 saturated heterocycles. The van der Waals surface area contributed by atoms with E-state index in [0.717, 1.165) is 24.5 Å². The van der Waals surface area contributed by atoms with E-state index in [0.29, 0.717) is 18.2 Å². The first-order valence-electron chi connectivity index (χ1n) is 11.0. The highest BCUT2D eigenvalue weighted by atomic mass is 35.5. The maximum absolute atomic E-state index is 12.6. The summed E-state index contributed by atoms with van der Waals surface area (Å²) in [5, 5.41) is 23.5. The third-order valence-corrected chi connectivity index (χ3v) is 6.76. The van der Waals surface area contributed by atoms with E-state index in [1.54, 1.807) is 0 Å². The van der Waals surface area contributed by atoms with E-state index in [1.165, 1.54) is 49.2 Å². The number of hydrogen-bond acceptors (Lipinski definition) is 7. The number of nitrogens with zero attached hydrogens (tertiary/aromatic N) is 5. The zero-order chi connectivity index (χ0) is 23.9. The second-order valence-electron chi connectivity index (χ2n) is 8.06. The van der Waals surface area contributed by atoms with Gasteiger partial charge in [0.2, 0.25) is 5.91 Å². The van der Waals surface area contributed by atoms with Gasteiger partial charge in [0.1, 0.15) is 11.5 Å². The van der Waals surface area contributed by atoms with Gasteiger partial charge < -0.3 is 9.88 Å². The number of aromatic nitrogens is 3. The number of nitro groups is 1. The van der Waals surface area contributed by atoms with E-state index in [4.69, 9.17) is 11.6 Å². The Bertz CT molecular complexity index is 1150. The first-order valence-corrected chi connectivity index (χ1v) is 12.4. The third kappa shape index (κ3) is 6.34. The predicted octanol–water partition coefficient (Wildman–Crippen LogP) is 4.60. The second kappa shape index (κ2) is 11.5. The molecule has 4 rings (SSSR count). The van der Waals surface area contributed by atoms with Crippen molar-refractivity contribution in [3.63, 3.8) is 0 Å². The molecule has 1 N–H and O–H groups in total. The van der Waals surface area contributed by atoms with Gasteiger partial charge in [0, 0.05) is 11.1 Å². The number of piperidine rings is 1. The fourth-order valence-corrected chi connectivity index (χ4v) is 4.79. The average Bonchev–Trinajstić information content (AvgIpc) is 3.21. The summed E-state index contributed by atoms with van der Waals surface area (Å²) in [4.78, 5) is 25.7. The lowest BCUT2D eigenvalue weighted by atomic mass is 10.1. The van der Waals surface area contributed by atoms with Crippen LogP contribution >= 0.6 is 23.4 Å². The molecule has 3 aromatic rings. The predicted molar refractivity (Wildman–Crippen MR) is 132 cm³/mol. The fraction of sp³-hybridized carbons (Fsp3) is 0.348. The molecule has 0 bridgehead atoms. The van der Waals surface area contributed by atoms with Crippen LogP contribution in [0.5, 0.6) is 0 Å². The summed E-state index contributed by atoms with van der Waals surface area (Å²) >= 11 is 7.11. The molecule has 1 aliphatic heterocycles. The third-order valence-electron chi connectivity index (χ3n) is 5.55. The Morgan fingerprint density at radius 2 is 1.85 bits per heavy atom. The van der Waals surface area contributed by atoms with Crippen LogP contribution in [0.4, 0.5) is 11.4 Å². The summed E-state index contributed by atoms with van der Waals surface area (Å²) in [5.41, 5.74) is 0.976. The van der Waals surface area contributed by atoms with Crippen molar-refractivity contribution < 1.29 is 9.72 Å². The quantitative estimate of drug-likeness (QED) is 0.260. The molecule has 9 nitrogen and oxygen atoms in total. The lowest BCUT2D eigenvalue weighted by Gasteiger charge is -2.26. The van der Waals surface area contributed by atoms with Gasteiger partial charge in [-0.05, 0) is 43.6 Å². The monoisotopic (exact) mass is 500 g/mol. The maximum Gasteiger partial charge on any atom is 0.294 e. The molecular formula is C23H25ClN6O3S. The molecule has 2 aromatic carbocycles. The molecule has 0 unspecified atom stereocenters. The topological polar surface area (TPSA) is 106 Å². The molecule has 0 aliphatic carbocycles. The van der Waals surface area contributed by atoms with E-state index < -0.39 is 4.92 Å². The maximum atomic E-state index is 12.6. The molecule has 1 amide bonds. The summed E-state index contributed by atoms with van der Waals surface area (Å²) in [6.45, 7) is 3.40. The minimum atomic E-state index is -0.571. The Morgan fingerprint density at radius 1 is 1.09 bits per heavy atom. The lowest BCUT2D eigenvalue weighted by Crippen LogP contribution is -2.30. The molecule has 2 heterocycles. The molecule has 0 saturated carbocycles. The number of likely N-dealkylation sites (tertiary alicyclic amines) is 1. The van der Waals surface area contributed by atoms with Gasteiger partial charge in [-0.1, -0.05) is 60.1 Å². The number of thioether (sulfide) groups is 1. The Hall–Kier alpha value is -2.95. The standard InChI is InChI=1S/C23H25ClN6O3S/c24-18-9-10-19(20(13-18)30(32)33)25-22(31)16-34-23-27-26-21(15-28-11-5-2-6-12-28)29(23)14-17-7-3-1-4-8-17/h1,3-4,7-10,13H,2,5-6,11-12,14-16H2,(H,25,31). The fourth-order valence-electron chi connectivity index (χ4n) is 3.86. The van der Waals surface area contributed by atoms with Gasteiger partial charge in [0.15, 0.2) is 5.16 Å². The molecule has 0 spiro atoms. The van der Waals surface area contributed by atoms with Gasteiger partial charge in [-0.3, -0.25) is 19.8 Å². The number of halogens is 1. The Morgan fingerprint density at radius 3 is 2.59 bits per heavy atom. The Labute approximate surface area is 206 Å². The number of hydrogen-bond donors (Lipinski definition) is 1. The molecule has 11 heteroatoms. The molecular weight excluding hydrogens is 476 g/mol. The van der Waals surface area contributed by atoms with Gasteiger partial charge in [-0.25, -0.2) is 0 Å². The molecule has 1 fully saturated rings. The first kappa shape index (κ1) is 24.2. The normalized spacial score (nSPS) is 14.1. The van der Waals surface area contributed by atoms with E-state index in [1.807, 2.05) is 34.9 Å². The Kier molecular flexibility index (Phi) is 8.15. The van der Waals surface area contributed by atoms with E-state index in [2.05, 4.69) is 20.4 Å². The summed E-state index contributed by atoms with van der Waals surface area (Å²) in [6.07, 6.45) is 3.63. The molecule has 0 radical (unpaired) electrons. The van der Waals surface area contributed by atoms with Gasteiger partial charge in [0.05, 0.1) is 23.8 Å². The van der Waals surface area contributed by atoms with Gasteiger partial charge in [-0.15, -0.1) is 10.2 Å². The van der Waals surface area contributed by atoms with Crippen LogP contribution in [0.15, 0.2) is 53.7 Å². The summed E-state index contributed by atoms with van der Waals surface area (Å²) < 4.78 is 2.05. The summed E-state index contributed by atoms with van der Waals surface area (Å²) in [7, 11) is 0. The molecule has 1 aromatic heterocycles. The largest absolute Gasteiger partial charge is 0.320 e. The SMILES string of the molecule is O=C(CSc1nnc(CN2CCCCC2)n1Cc1ccccc1)Nc1ccc(Cl)cc1[N+](=O)[O-]. The van der Waals surface area contributed by atoms with E-state index in [-0.39, 0.29) is 28.1 Å². The van der Waals surface area contributed by atoms with Crippen molar-refractivity contribution in [1.29, 1.82) is 0 Å². The van der Waals surface area contributed by atoms with Crippen LogP contribution < -0.4 is 5.32 Å². The molecule has 1 aliphatic rings. The molecule has 0 atom stereocenters. The van der Waals surface area contributed by atoms with Crippen molar-refractivity contribution >= 4 is 40.6 Å².